The second-order valence-corrected chi connectivity index (χ2v) is 4.19. The van der Waals surface area contributed by atoms with Gasteiger partial charge in [-0.2, -0.15) is 0 Å². The summed E-state index contributed by atoms with van der Waals surface area (Å²) in [6, 6.07) is 0. The first-order valence-electron chi connectivity index (χ1n) is 4.63. The predicted octanol–water partition coefficient (Wildman–Crippen LogP) is 3.47. The Morgan fingerprint density at radius 1 is 1.20 bits per heavy atom. The maximum Gasteiger partial charge on any atom is -0.0269 e. The highest BCUT2D eigenvalue weighted by Gasteiger charge is 2.53. The summed E-state index contributed by atoms with van der Waals surface area (Å²) in [5.74, 6) is 1.97. The lowest BCUT2D eigenvalue weighted by Crippen LogP contribution is -1.97. The summed E-state index contributed by atoms with van der Waals surface area (Å²) in [4.78, 5) is 0. The van der Waals surface area contributed by atoms with E-state index in [1.165, 1.54) is 19.3 Å². The summed E-state index contributed by atoms with van der Waals surface area (Å²) in [6.07, 6.45) is 4.23. The third kappa shape index (κ3) is 1.09. The highest BCUT2D eigenvalue weighted by molar-refractivity contribution is 5.02. The van der Waals surface area contributed by atoms with E-state index in [2.05, 4.69) is 27.7 Å². The molecule has 0 heterocycles. The van der Waals surface area contributed by atoms with Crippen LogP contribution in [0.3, 0.4) is 0 Å². The van der Waals surface area contributed by atoms with Gasteiger partial charge in [0.2, 0.25) is 0 Å². The second-order valence-electron chi connectivity index (χ2n) is 4.19. The van der Waals surface area contributed by atoms with Crippen molar-refractivity contribution < 1.29 is 0 Å². The Morgan fingerprint density at radius 3 is 2.00 bits per heavy atom. The maximum atomic E-state index is 2.44. The van der Waals surface area contributed by atoms with Gasteiger partial charge in [0, 0.05) is 0 Å². The van der Waals surface area contributed by atoms with Gasteiger partial charge in [-0.3, -0.25) is 0 Å². The molecule has 1 rings (SSSR count). The lowest BCUT2D eigenvalue weighted by molar-refractivity contribution is 0.432. The molecule has 10 heavy (non-hydrogen) atoms. The standard InChI is InChI=1S/C10H20/c1-5-6-7-10(4)8(2)9(10)3/h8-9H,5-7H2,1-4H3. The van der Waals surface area contributed by atoms with Gasteiger partial charge in [0.1, 0.15) is 0 Å². The molecule has 0 bridgehead atoms. The van der Waals surface area contributed by atoms with Crippen molar-refractivity contribution in [1.29, 1.82) is 0 Å². The van der Waals surface area contributed by atoms with Crippen molar-refractivity contribution in [3.05, 3.63) is 0 Å². The number of hydrogen-bond donors (Lipinski definition) is 0. The lowest BCUT2D eigenvalue weighted by atomic mass is 9.98. The molecule has 0 spiro atoms. The van der Waals surface area contributed by atoms with Crippen LogP contribution in [0.15, 0.2) is 0 Å². The van der Waals surface area contributed by atoms with Crippen molar-refractivity contribution in [2.75, 3.05) is 0 Å². The average Bonchev–Trinajstić information content (AvgIpc) is 2.38. The minimum Gasteiger partial charge on any atom is -0.0654 e. The molecule has 0 radical (unpaired) electrons. The summed E-state index contributed by atoms with van der Waals surface area (Å²) in [5, 5.41) is 0. The second kappa shape index (κ2) is 2.56. The Hall–Kier alpha value is 0. The SMILES string of the molecule is CCCCC1(C)C(C)C1C. The van der Waals surface area contributed by atoms with Crippen LogP contribution < -0.4 is 0 Å². The molecular formula is C10H20. The van der Waals surface area contributed by atoms with E-state index in [9.17, 15) is 0 Å². The van der Waals surface area contributed by atoms with Crippen molar-refractivity contribution in [2.24, 2.45) is 17.3 Å². The van der Waals surface area contributed by atoms with Crippen LogP contribution in [0.5, 0.6) is 0 Å². The summed E-state index contributed by atoms with van der Waals surface area (Å²) >= 11 is 0. The van der Waals surface area contributed by atoms with Crippen molar-refractivity contribution >= 4 is 0 Å². The quantitative estimate of drug-likeness (QED) is 0.563. The third-order valence-corrected chi connectivity index (χ3v) is 3.79. The van der Waals surface area contributed by atoms with Gasteiger partial charge in [-0.25, -0.2) is 0 Å². The highest BCUT2D eigenvalue weighted by atomic mass is 14.6. The summed E-state index contributed by atoms with van der Waals surface area (Å²) in [6.45, 7) is 9.50. The van der Waals surface area contributed by atoms with Crippen molar-refractivity contribution in [2.45, 2.75) is 47.0 Å². The fourth-order valence-electron chi connectivity index (χ4n) is 2.08. The molecule has 0 N–H and O–H groups in total. The molecule has 0 heteroatoms. The molecule has 1 fully saturated rings. The van der Waals surface area contributed by atoms with E-state index in [4.69, 9.17) is 0 Å². The topological polar surface area (TPSA) is 0 Å². The number of hydrogen-bond acceptors (Lipinski definition) is 0. The molecule has 60 valence electrons. The van der Waals surface area contributed by atoms with Crippen LogP contribution in [0.2, 0.25) is 0 Å². The zero-order valence-corrected chi connectivity index (χ0v) is 7.78. The molecule has 0 aromatic rings. The monoisotopic (exact) mass is 140 g/mol. The van der Waals surface area contributed by atoms with Gasteiger partial charge >= 0.3 is 0 Å². The predicted molar refractivity (Wildman–Crippen MR) is 46.0 cm³/mol. The van der Waals surface area contributed by atoms with Crippen LogP contribution in [-0.4, -0.2) is 0 Å². The first-order chi connectivity index (χ1) is 4.63. The zero-order valence-electron chi connectivity index (χ0n) is 7.78. The smallest absolute Gasteiger partial charge is 0.0269 e. The van der Waals surface area contributed by atoms with E-state index in [-0.39, 0.29) is 0 Å². The molecule has 0 aromatic carbocycles. The van der Waals surface area contributed by atoms with Gasteiger partial charge in [-0.1, -0.05) is 40.5 Å². The van der Waals surface area contributed by atoms with Crippen molar-refractivity contribution in [3.8, 4) is 0 Å². The Labute approximate surface area is 65.0 Å². The summed E-state index contributed by atoms with van der Waals surface area (Å²) in [5.41, 5.74) is 0.718. The maximum absolute atomic E-state index is 2.44. The lowest BCUT2D eigenvalue weighted by Gasteiger charge is -2.08. The fraction of sp³-hybridized carbons (Fsp3) is 1.00. The number of unbranched alkanes of at least 4 members (excludes halogenated alkanes) is 1. The van der Waals surface area contributed by atoms with E-state index >= 15 is 0 Å². The summed E-state index contributed by atoms with van der Waals surface area (Å²) < 4.78 is 0. The largest absolute Gasteiger partial charge is 0.0654 e. The van der Waals surface area contributed by atoms with Gasteiger partial charge in [0.05, 0.1) is 0 Å². The molecule has 1 aliphatic carbocycles. The molecule has 2 atom stereocenters. The highest BCUT2D eigenvalue weighted by Crippen LogP contribution is 2.60. The van der Waals surface area contributed by atoms with E-state index in [0.29, 0.717) is 0 Å². The van der Waals surface area contributed by atoms with Crippen LogP contribution in [0.1, 0.15) is 47.0 Å². The van der Waals surface area contributed by atoms with E-state index in [1.54, 1.807) is 0 Å². The van der Waals surface area contributed by atoms with E-state index in [1.807, 2.05) is 0 Å². The molecule has 0 nitrogen and oxygen atoms in total. The molecule has 0 saturated heterocycles. The zero-order chi connectivity index (χ0) is 7.78. The minimum absolute atomic E-state index is 0.718. The van der Waals surface area contributed by atoms with Gasteiger partial charge in [-0.05, 0) is 23.7 Å². The molecule has 0 aliphatic heterocycles. The fourth-order valence-corrected chi connectivity index (χ4v) is 2.08. The van der Waals surface area contributed by atoms with Gasteiger partial charge in [-0.15, -0.1) is 0 Å². The molecule has 1 saturated carbocycles. The number of rotatable bonds is 3. The van der Waals surface area contributed by atoms with Crippen LogP contribution in [0.25, 0.3) is 0 Å². The van der Waals surface area contributed by atoms with Crippen LogP contribution in [0.4, 0.5) is 0 Å². The van der Waals surface area contributed by atoms with Crippen LogP contribution >= 0.6 is 0 Å². The normalized spacial score (nSPS) is 45.6. The van der Waals surface area contributed by atoms with Gasteiger partial charge in [0.15, 0.2) is 0 Å². The first kappa shape index (κ1) is 8.10. The third-order valence-electron chi connectivity index (χ3n) is 3.79. The minimum atomic E-state index is 0.718. The Kier molecular flexibility index (Phi) is 2.07. The summed E-state index contributed by atoms with van der Waals surface area (Å²) in [7, 11) is 0. The van der Waals surface area contributed by atoms with E-state index < -0.39 is 0 Å². The van der Waals surface area contributed by atoms with Crippen molar-refractivity contribution in [3.63, 3.8) is 0 Å². The van der Waals surface area contributed by atoms with Crippen LogP contribution in [0, 0.1) is 17.3 Å². The molecular weight excluding hydrogens is 120 g/mol. The van der Waals surface area contributed by atoms with Crippen molar-refractivity contribution in [1.82, 2.24) is 0 Å². The first-order valence-corrected chi connectivity index (χ1v) is 4.63. The average molecular weight is 140 g/mol. The van der Waals surface area contributed by atoms with E-state index in [0.717, 1.165) is 17.3 Å². The van der Waals surface area contributed by atoms with Gasteiger partial charge < -0.3 is 0 Å². The van der Waals surface area contributed by atoms with Gasteiger partial charge in [0.25, 0.3) is 0 Å². The Morgan fingerprint density at radius 2 is 1.70 bits per heavy atom. The molecule has 0 amide bonds. The Balaban J connectivity index is 2.28. The molecule has 0 aromatic heterocycles. The molecule has 1 aliphatic rings. The Bertz CT molecular complexity index is 107. The molecule has 2 unspecified atom stereocenters. The van der Waals surface area contributed by atoms with Crippen LogP contribution in [-0.2, 0) is 0 Å².